The number of aromatic nitrogens is 1. The molecule has 0 fully saturated rings. The SMILES string of the molecule is CC(C)(C)Cc1c2c(c3sc4c(-c5[c-]c6ccccc6c(C(C)(C)C)c5)nccc4c3c1F)C(C)(C)CCC2(C)C.CCC(CC)C(=O)/C=C(\O)C(CC)CC.[Ir]. The van der Waals surface area contributed by atoms with Gasteiger partial charge in [-0.05, 0) is 94.7 Å². The molecule has 0 aliphatic heterocycles. The summed E-state index contributed by atoms with van der Waals surface area (Å²) in [6, 6.07) is 16.5. The summed E-state index contributed by atoms with van der Waals surface area (Å²) in [7, 11) is 0. The number of aliphatic hydroxyl groups excluding tert-OH is 1. The van der Waals surface area contributed by atoms with E-state index in [1.165, 1.54) is 28.2 Å². The summed E-state index contributed by atoms with van der Waals surface area (Å²) in [4.78, 5) is 16.7. The molecule has 2 aromatic heterocycles. The van der Waals surface area contributed by atoms with E-state index in [0.717, 1.165) is 87.3 Å². The van der Waals surface area contributed by atoms with Gasteiger partial charge in [0.25, 0.3) is 0 Å². The number of hydrogen-bond donors (Lipinski definition) is 1. The molecule has 1 N–H and O–H groups in total. The van der Waals surface area contributed by atoms with Gasteiger partial charge in [-0.3, -0.25) is 9.78 Å². The Balaban J connectivity index is 0.000000385. The van der Waals surface area contributed by atoms with Gasteiger partial charge in [0, 0.05) is 64.7 Å². The second-order valence-corrected chi connectivity index (χ2v) is 20.8. The molecule has 1 radical (unpaired) electrons. The average molecular weight is 969 g/mol. The first-order valence-corrected chi connectivity index (χ1v) is 21.9. The van der Waals surface area contributed by atoms with Crippen LogP contribution < -0.4 is 0 Å². The minimum Gasteiger partial charge on any atom is -0.512 e. The number of thiophene rings is 1. The van der Waals surface area contributed by atoms with E-state index in [2.05, 4.69) is 106 Å². The number of benzene rings is 3. The molecular formula is C51H67FIrNO2S-. The maximum atomic E-state index is 17.1. The van der Waals surface area contributed by atoms with Crippen molar-refractivity contribution in [2.45, 2.75) is 158 Å². The Labute approximate surface area is 360 Å². The number of fused-ring (bicyclic) bond motifs is 6. The fraction of sp³-hybridized carbons (Fsp3) is 0.529. The molecule has 1 aliphatic rings. The molecule has 2 heterocycles. The summed E-state index contributed by atoms with van der Waals surface area (Å²) in [5, 5.41) is 13.8. The summed E-state index contributed by atoms with van der Waals surface area (Å²) in [6.45, 7) is 30.9. The van der Waals surface area contributed by atoms with Gasteiger partial charge >= 0.3 is 0 Å². The van der Waals surface area contributed by atoms with E-state index in [0.29, 0.717) is 0 Å². The molecule has 57 heavy (non-hydrogen) atoms. The van der Waals surface area contributed by atoms with Crippen LogP contribution in [0.3, 0.4) is 0 Å². The van der Waals surface area contributed by atoms with Gasteiger partial charge in [0.05, 0.1) is 5.76 Å². The van der Waals surface area contributed by atoms with E-state index in [1.54, 1.807) is 11.3 Å². The number of aliphatic hydroxyl groups is 1. The van der Waals surface area contributed by atoms with Crippen molar-refractivity contribution in [2.75, 3.05) is 0 Å². The molecule has 6 rings (SSSR count). The third-order valence-electron chi connectivity index (χ3n) is 12.2. The van der Waals surface area contributed by atoms with Gasteiger partial charge in [0.1, 0.15) is 5.82 Å². The predicted octanol–water partition coefficient (Wildman–Crippen LogP) is 15.3. The molecule has 0 atom stereocenters. The largest absolute Gasteiger partial charge is 0.512 e. The van der Waals surface area contributed by atoms with Crippen LogP contribution in [0.1, 0.15) is 158 Å². The van der Waals surface area contributed by atoms with E-state index in [-0.39, 0.29) is 71.0 Å². The first kappa shape index (κ1) is 46.8. The third-order valence-corrected chi connectivity index (χ3v) is 13.5. The minimum absolute atomic E-state index is 0. The van der Waals surface area contributed by atoms with Crippen LogP contribution in [0.25, 0.3) is 42.2 Å². The zero-order chi connectivity index (χ0) is 41.5. The van der Waals surface area contributed by atoms with Crippen LogP contribution in [0, 0.1) is 29.1 Å². The van der Waals surface area contributed by atoms with Crippen molar-refractivity contribution < 1.29 is 34.4 Å². The molecule has 0 amide bonds. The fourth-order valence-electron chi connectivity index (χ4n) is 8.86. The van der Waals surface area contributed by atoms with Gasteiger partial charge < -0.3 is 5.11 Å². The van der Waals surface area contributed by atoms with Crippen molar-refractivity contribution in [1.82, 2.24) is 4.98 Å². The van der Waals surface area contributed by atoms with Crippen LogP contribution in [-0.4, -0.2) is 15.9 Å². The molecule has 6 heteroatoms. The second kappa shape index (κ2) is 17.7. The van der Waals surface area contributed by atoms with Gasteiger partial charge in [-0.2, -0.15) is 0 Å². The number of pyridine rings is 1. The average Bonchev–Trinajstić information content (AvgIpc) is 3.51. The quantitative estimate of drug-likeness (QED) is 0.0910. The smallest absolute Gasteiger partial charge is 0.162 e. The normalized spacial score (nSPS) is 15.5. The Hall–Kier alpha value is -2.92. The van der Waals surface area contributed by atoms with Crippen molar-refractivity contribution in [3.63, 3.8) is 0 Å². The third kappa shape index (κ3) is 9.60. The Morgan fingerprint density at radius 3 is 2.02 bits per heavy atom. The van der Waals surface area contributed by atoms with Crippen LogP contribution in [-0.2, 0) is 47.6 Å². The molecule has 311 valence electrons. The van der Waals surface area contributed by atoms with E-state index in [9.17, 15) is 9.90 Å². The number of allylic oxidation sites excluding steroid dienone is 2. The number of carbonyl (C=O) groups excluding carboxylic acids is 1. The van der Waals surface area contributed by atoms with Crippen LogP contribution >= 0.6 is 11.3 Å². The van der Waals surface area contributed by atoms with E-state index >= 15 is 4.39 Å². The monoisotopic (exact) mass is 969 g/mol. The van der Waals surface area contributed by atoms with E-state index in [4.69, 9.17) is 4.98 Å². The topological polar surface area (TPSA) is 50.2 Å². The molecule has 0 saturated heterocycles. The van der Waals surface area contributed by atoms with Gasteiger partial charge in [0.2, 0.25) is 0 Å². The summed E-state index contributed by atoms with van der Waals surface area (Å²) >= 11 is 1.74. The van der Waals surface area contributed by atoms with Crippen LogP contribution in [0.15, 0.2) is 54.4 Å². The number of carbonyl (C=O) groups is 1. The molecule has 3 aromatic carbocycles. The van der Waals surface area contributed by atoms with Gasteiger partial charge in [-0.1, -0.05) is 126 Å². The summed E-state index contributed by atoms with van der Waals surface area (Å²) in [5.41, 5.74) is 6.51. The summed E-state index contributed by atoms with van der Waals surface area (Å²) < 4.78 is 19.3. The zero-order valence-electron chi connectivity index (χ0n) is 37.1. The number of halogens is 1. The predicted molar refractivity (Wildman–Crippen MR) is 240 cm³/mol. The molecule has 3 nitrogen and oxygen atoms in total. The molecule has 0 saturated carbocycles. The molecule has 5 aromatic rings. The van der Waals surface area contributed by atoms with Crippen molar-refractivity contribution in [3.8, 4) is 11.3 Å². The summed E-state index contributed by atoms with van der Waals surface area (Å²) in [6.07, 6.45) is 9.65. The zero-order valence-corrected chi connectivity index (χ0v) is 40.4. The molecular weight excluding hydrogens is 902 g/mol. The van der Waals surface area contributed by atoms with E-state index in [1.807, 2.05) is 40.0 Å². The van der Waals surface area contributed by atoms with Crippen molar-refractivity contribution in [3.05, 3.63) is 88.6 Å². The second-order valence-electron chi connectivity index (χ2n) is 19.8. The maximum Gasteiger partial charge on any atom is 0.162 e. The van der Waals surface area contributed by atoms with E-state index < -0.39 is 0 Å². The maximum absolute atomic E-state index is 17.1. The van der Waals surface area contributed by atoms with Crippen LogP contribution in [0.4, 0.5) is 4.39 Å². The molecule has 0 bridgehead atoms. The number of nitrogens with zero attached hydrogens (tertiary/aromatic N) is 1. The molecule has 0 unspecified atom stereocenters. The van der Waals surface area contributed by atoms with Crippen molar-refractivity contribution >= 4 is 48.1 Å². The van der Waals surface area contributed by atoms with Crippen molar-refractivity contribution in [2.24, 2.45) is 17.3 Å². The van der Waals surface area contributed by atoms with Crippen molar-refractivity contribution in [1.29, 1.82) is 0 Å². The Morgan fingerprint density at radius 1 is 0.877 bits per heavy atom. The van der Waals surface area contributed by atoms with Crippen LogP contribution in [0.5, 0.6) is 0 Å². The first-order chi connectivity index (χ1) is 26.1. The number of hydrogen-bond acceptors (Lipinski definition) is 4. The first-order valence-electron chi connectivity index (χ1n) is 21.1. The number of rotatable bonds is 9. The summed E-state index contributed by atoms with van der Waals surface area (Å²) in [5.74, 6) is 0.520. The standard InChI is InChI=1S/C38H43FNS.C13H24O2.Ir/c1-35(2,3)21-26-29-30(38(9,10)17-16-37(29,7)8)34-28(31(26)39)25-15-18-40-32(33(25)41-34)23-19-22-13-11-12-14-24(22)27(20-23)36(4,5)6;1-5-10(6-2)12(14)9-13(15)11(7-3)8-4;/h11-15,18,20H,16-17,21H2,1-10H3;9-11,14H,5-8H2,1-4H3;/q-1;;/b;12-9-;. The fourth-order valence-corrected chi connectivity index (χ4v) is 10.4. The van der Waals surface area contributed by atoms with Gasteiger partial charge in [-0.25, -0.2) is 4.39 Å². The Morgan fingerprint density at radius 2 is 1.46 bits per heavy atom. The molecule has 1 aliphatic carbocycles. The van der Waals surface area contributed by atoms with Gasteiger partial charge in [0.15, 0.2) is 5.78 Å². The Bertz CT molecular complexity index is 2260. The van der Waals surface area contributed by atoms with Gasteiger partial charge in [-0.15, -0.1) is 40.5 Å². The minimum atomic E-state index is -0.0779. The van der Waals surface area contributed by atoms with Crippen LogP contribution in [0.2, 0.25) is 0 Å². The Kier molecular flexibility index (Phi) is 14.6. The molecule has 0 spiro atoms. The number of ketones is 1.